The molecular weight excluding hydrogens is 186 g/mol. The number of aromatic amines is 1. The molecule has 2 rings (SSSR count). The van der Waals surface area contributed by atoms with Gasteiger partial charge in [0.15, 0.2) is 5.43 Å². The summed E-state index contributed by atoms with van der Waals surface area (Å²) < 4.78 is 0. The van der Waals surface area contributed by atoms with Gasteiger partial charge in [-0.05, 0) is 24.5 Å². The standard InChI is InChI=1S/C13H15NO/c1-3-9(2)12-8-13(15)10-6-4-5-7-11(10)14-12/h4-9H,3H2,1-2H3,(H,14,15). The summed E-state index contributed by atoms with van der Waals surface area (Å²) in [5.74, 6) is 0.405. The summed E-state index contributed by atoms with van der Waals surface area (Å²) in [6, 6.07) is 9.35. The van der Waals surface area contributed by atoms with Crippen molar-refractivity contribution in [3.05, 3.63) is 46.2 Å². The minimum atomic E-state index is 0.111. The molecule has 1 heterocycles. The third kappa shape index (κ3) is 1.80. The predicted molar refractivity (Wildman–Crippen MR) is 63.3 cm³/mol. The molecule has 0 aliphatic rings. The van der Waals surface area contributed by atoms with Crippen LogP contribution in [0.2, 0.25) is 0 Å². The first-order chi connectivity index (χ1) is 7.22. The lowest BCUT2D eigenvalue weighted by atomic mass is 10.0. The molecule has 1 aromatic carbocycles. The largest absolute Gasteiger partial charge is 0.358 e. The van der Waals surface area contributed by atoms with E-state index in [2.05, 4.69) is 18.8 Å². The lowest BCUT2D eigenvalue weighted by Crippen LogP contribution is -2.06. The quantitative estimate of drug-likeness (QED) is 0.795. The van der Waals surface area contributed by atoms with E-state index in [0.717, 1.165) is 23.0 Å². The van der Waals surface area contributed by atoms with Gasteiger partial charge in [-0.15, -0.1) is 0 Å². The van der Waals surface area contributed by atoms with Crippen LogP contribution in [0, 0.1) is 0 Å². The molecule has 0 amide bonds. The van der Waals surface area contributed by atoms with E-state index >= 15 is 0 Å². The number of rotatable bonds is 2. The van der Waals surface area contributed by atoms with Crippen molar-refractivity contribution in [2.45, 2.75) is 26.2 Å². The fraction of sp³-hybridized carbons (Fsp3) is 0.308. The predicted octanol–water partition coefficient (Wildman–Crippen LogP) is 3.04. The Morgan fingerprint density at radius 2 is 2.07 bits per heavy atom. The third-order valence-corrected chi connectivity index (χ3v) is 2.90. The van der Waals surface area contributed by atoms with Crippen molar-refractivity contribution in [3.63, 3.8) is 0 Å². The molecule has 78 valence electrons. The van der Waals surface area contributed by atoms with Crippen LogP contribution in [0.1, 0.15) is 31.9 Å². The lowest BCUT2D eigenvalue weighted by Gasteiger charge is -2.09. The average Bonchev–Trinajstić information content (AvgIpc) is 2.28. The molecule has 0 spiro atoms. The first kappa shape index (κ1) is 9.97. The van der Waals surface area contributed by atoms with Crippen LogP contribution >= 0.6 is 0 Å². The summed E-state index contributed by atoms with van der Waals surface area (Å²) in [5.41, 5.74) is 2.07. The number of H-pyrrole nitrogens is 1. The number of aromatic nitrogens is 1. The molecule has 0 radical (unpaired) electrons. The molecule has 1 aromatic heterocycles. The van der Waals surface area contributed by atoms with Gasteiger partial charge in [0.05, 0.1) is 0 Å². The highest BCUT2D eigenvalue weighted by atomic mass is 16.1. The Labute approximate surface area is 89.0 Å². The molecule has 1 N–H and O–H groups in total. The first-order valence-corrected chi connectivity index (χ1v) is 5.34. The number of para-hydroxylation sites is 1. The van der Waals surface area contributed by atoms with E-state index in [0.29, 0.717) is 5.92 Å². The van der Waals surface area contributed by atoms with Crippen LogP contribution in [-0.2, 0) is 0 Å². The number of pyridine rings is 1. The van der Waals surface area contributed by atoms with Crippen molar-refractivity contribution in [1.82, 2.24) is 4.98 Å². The molecule has 2 nitrogen and oxygen atoms in total. The van der Waals surface area contributed by atoms with Crippen molar-refractivity contribution in [2.75, 3.05) is 0 Å². The fourth-order valence-corrected chi connectivity index (χ4v) is 1.70. The van der Waals surface area contributed by atoms with Gasteiger partial charge in [-0.2, -0.15) is 0 Å². The van der Waals surface area contributed by atoms with E-state index in [1.807, 2.05) is 24.3 Å². The van der Waals surface area contributed by atoms with E-state index in [4.69, 9.17) is 0 Å². The highest BCUT2D eigenvalue weighted by Gasteiger charge is 2.06. The molecule has 1 atom stereocenters. The van der Waals surface area contributed by atoms with E-state index < -0.39 is 0 Å². The summed E-state index contributed by atoms with van der Waals surface area (Å²) in [6.07, 6.45) is 1.04. The van der Waals surface area contributed by atoms with Crippen molar-refractivity contribution in [3.8, 4) is 0 Å². The van der Waals surface area contributed by atoms with Crippen LogP contribution in [0.25, 0.3) is 10.9 Å². The average molecular weight is 201 g/mol. The zero-order valence-corrected chi connectivity index (χ0v) is 9.08. The molecule has 0 fully saturated rings. The molecule has 2 heteroatoms. The molecule has 2 aromatic rings. The summed E-state index contributed by atoms with van der Waals surface area (Å²) in [6.45, 7) is 4.25. The van der Waals surface area contributed by atoms with Gasteiger partial charge in [-0.25, -0.2) is 0 Å². The zero-order chi connectivity index (χ0) is 10.8. The molecule has 0 saturated heterocycles. The number of fused-ring (bicyclic) bond motifs is 1. The molecule has 15 heavy (non-hydrogen) atoms. The number of hydrogen-bond donors (Lipinski definition) is 1. The molecule has 0 saturated carbocycles. The van der Waals surface area contributed by atoms with Gasteiger partial charge >= 0.3 is 0 Å². The topological polar surface area (TPSA) is 32.9 Å². The van der Waals surface area contributed by atoms with Crippen LogP contribution in [0.15, 0.2) is 35.1 Å². The zero-order valence-electron chi connectivity index (χ0n) is 9.08. The van der Waals surface area contributed by atoms with Gasteiger partial charge < -0.3 is 4.98 Å². The summed E-state index contributed by atoms with van der Waals surface area (Å²) >= 11 is 0. The second-order valence-corrected chi connectivity index (χ2v) is 3.94. The highest BCUT2D eigenvalue weighted by Crippen LogP contribution is 2.17. The molecule has 0 aliphatic heterocycles. The van der Waals surface area contributed by atoms with Gasteiger partial charge in [0.1, 0.15) is 0 Å². The van der Waals surface area contributed by atoms with Gasteiger partial charge in [0.25, 0.3) is 0 Å². The molecular formula is C13H15NO. The third-order valence-electron chi connectivity index (χ3n) is 2.90. The van der Waals surface area contributed by atoms with Crippen molar-refractivity contribution >= 4 is 10.9 Å². The Morgan fingerprint density at radius 3 is 2.80 bits per heavy atom. The Hall–Kier alpha value is -1.57. The fourth-order valence-electron chi connectivity index (χ4n) is 1.70. The molecule has 0 bridgehead atoms. The van der Waals surface area contributed by atoms with Crippen LogP contribution in [0.5, 0.6) is 0 Å². The minimum absolute atomic E-state index is 0.111. The Morgan fingerprint density at radius 1 is 1.33 bits per heavy atom. The lowest BCUT2D eigenvalue weighted by molar-refractivity contribution is 0.711. The van der Waals surface area contributed by atoms with E-state index in [1.165, 1.54) is 0 Å². The first-order valence-electron chi connectivity index (χ1n) is 5.34. The second-order valence-electron chi connectivity index (χ2n) is 3.94. The van der Waals surface area contributed by atoms with Gasteiger partial charge in [0.2, 0.25) is 0 Å². The smallest absolute Gasteiger partial charge is 0.189 e. The van der Waals surface area contributed by atoms with Crippen molar-refractivity contribution in [1.29, 1.82) is 0 Å². The number of hydrogen-bond acceptors (Lipinski definition) is 1. The van der Waals surface area contributed by atoms with Crippen molar-refractivity contribution < 1.29 is 0 Å². The van der Waals surface area contributed by atoms with Gasteiger partial charge in [-0.1, -0.05) is 26.0 Å². The Bertz CT molecular complexity index is 527. The minimum Gasteiger partial charge on any atom is -0.358 e. The molecule has 0 aliphatic carbocycles. The maximum Gasteiger partial charge on any atom is 0.189 e. The van der Waals surface area contributed by atoms with Crippen LogP contribution in [0.3, 0.4) is 0 Å². The number of nitrogens with one attached hydrogen (secondary N) is 1. The number of benzene rings is 1. The van der Waals surface area contributed by atoms with E-state index in [-0.39, 0.29) is 5.43 Å². The van der Waals surface area contributed by atoms with Gasteiger partial charge in [-0.3, -0.25) is 4.79 Å². The SMILES string of the molecule is CCC(C)c1cc(=O)c2ccccc2[nH]1. The van der Waals surface area contributed by atoms with Crippen molar-refractivity contribution in [2.24, 2.45) is 0 Å². The van der Waals surface area contributed by atoms with Crippen LogP contribution in [-0.4, -0.2) is 4.98 Å². The maximum atomic E-state index is 11.8. The van der Waals surface area contributed by atoms with E-state index in [1.54, 1.807) is 6.07 Å². The summed E-state index contributed by atoms with van der Waals surface area (Å²) in [5, 5.41) is 0.768. The van der Waals surface area contributed by atoms with E-state index in [9.17, 15) is 4.79 Å². The second kappa shape index (κ2) is 3.89. The van der Waals surface area contributed by atoms with Gasteiger partial charge in [0, 0.05) is 22.7 Å². The summed E-state index contributed by atoms with van der Waals surface area (Å²) in [7, 11) is 0. The Kier molecular flexibility index (Phi) is 2.58. The Balaban J connectivity index is 2.67. The summed E-state index contributed by atoms with van der Waals surface area (Å²) in [4.78, 5) is 15.1. The molecule has 1 unspecified atom stereocenters. The monoisotopic (exact) mass is 201 g/mol. The normalized spacial score (nSPS) is 12.9. The highest BCUT2D eigenvalue weighted by molar-refractivity contribution is 5.78. The maximum absolute atomic E-state index is 11.8. The van der Waals surface area contributed by atoms with Crippen LogP contribution < -0.4 is 5.43 Å². The van der Waals surface area contributed by atoms with Crippen LogP contribution in [0.4, 0.5) is 0 Å².